The number of carbonyl (C=O) groups is 2. The Labute approximate surface area is 128 Å². The molecule has 0 spiro atoms. The van der Waals surface area contributed by atoms with E-state index in [1.54, 1.807) is 25.1 Å². The van der Waals surface area contributed by atoms with Crippen molar-refractivity contribution in [3.63, 3.8) is 0 Å². The van der Waals surface area contributed by atoms with Gasteiger partial charge < -0.3 is 10.6 Å². The van der Waals surface area contributed by atoms with Crippen molar-refractivity contribution in [2.45, 2.75) is 13.8 Å². The lowest BCUT2D eigenvalue weighted by atomic mass is 10.1. The molecule has 0 saturated heterocycles. The molecular formula is C17H17FN2O2. The first-order valence-corrected chi connectivity index (χ1v) is 6.87. The van der Waals surface area contributed by atoms with E-state index < -0.39 is 11.7 Å². The summed E-state index contributed by atoms with van der Waals surface area (Å²) < 4.78 is 13.2. The van der Waals surface area contributed by atoms with Gasteiger partial charge in [0.25, 0.3) is 5.91 Å². The Bertz CT molecular complexity index is 714. The molecule has 0 atom stereocenters. The van der Waals surface area contributed by atoms with Crippen LogP contribution in [0.4, 0.5) is 10.1 Å². The molecule has 0 radical (unpaired) electrons. The number of carbonyl (C=O) groups excluding carboxylic acids is 2. The Morgan fingerprint density at radius 3 is 2.50 bits per heavy atom. The molecule has 5 heteroatoms. The summed E-state index contributed by atoms with van der Waals surface area (Å²) in [6.07, 6.45) is 0. The molecule has 114 valence electrons. The Kier molecular flexibility index (Phi) is 4.88. The Balaban J connectivity index is 1.94. The van der Waals surface area contributed by atoms with Gasteiger partial charge in [-0.1, -0.05) is 24.3 Å². The smallest absolute Gasteiger partial charge is 0.251 e. The van der Waals surface area contributed by atoms with Gasteiger partial charge in [-0.05, 0) is 43.2 Å². The largest absolute Gasteiger partial charge is 0.343 e. The van der Waals surface area contributed by atoms with Crippen molar-refractivity contribution >= 4 is 17.5 Å². The first-order chi connectivity index (χ1) is 10.5. The molecule has 0 saturated carbocycles. The van der Waals surface area contributed by atoms with Crippen LogP contribution in [0.15, 0.2) is 42.5 Å². The second kappa shape index (κ2) is 6.85. The number of aryl methyl sites for hydroxylation is 2. The van der Waals surface area contributed by atoms with Crippen LogP contribution in [0.3, 0.4) is 0 Å². The minimum absolute atomic E-state index is 0.177. The van der Waals surface area contributed by atoms with Gasteiger partial charge in [-0.3, -0.25) is 9.59 Å². The van der Waals surface area contributed by atoms with E-state index in [0.29, 0.717) is 11.3 Å². The van der Waals surface area contributed by atoms with Gasteiger partial charge in [-0.15, -0.1) is 0 Å². The summed E-state index contributed by atoms with van der Waals surface area (Å²) in [7, 11) is 0. The van der Waals surface area contributed by atoms with E-state index >= 15 is 0 Å². The van der Waals surface area contributed by atoms with E-state index in [2.05, 4.69) is 10.6 Å². The van der Waals surface area contributed by atoms with Gasteiger partial charge in [0, 0.05) is 11.3 Å². The van der Waals surface area contributed by atoms with Gasteiger partial charge in [-0.2, -0.15) is 0 Å². The van der Waals surface area contributed by atoms with E-state index in [-0.39, 0.29) is 12.5 Å². The summed E-state index contributed by atoms with van der Waals surface area (Å²) in [5.74, 6) is -1.15. The zero-order chi connectivity index (χ0) is 16.1. The molecule has 0 fully saturated rings. The van der Waals surface area contributed by atoms with Crippen molar-refractivity contribution in [3.8, 4) is 0 Å². The molecule has 2 aromatic rings. The van der Waals surface area contributed by atoms with Gasteiger partial charge in [-0.25, -0.2) is 4.39 Å². The Morgan fingerprint density at radius 1 is 1.05 bits per heavy atom. The molecule has 0 heterocycles. The van der Waals surface area contributed by atoms with Gasteiger partial charge in [0.1, 0.15) is 5.82 Å². The zero-order valence-corrected chi connectivity index (χ0v) is 12.4. The number of amides is 2. The summed E-state index contributed by atoms with van der Waals surface area (Å²) in [6, 6.07) is 11.3. The molecule has 0 aliphatic heterocycles. The fourth-order valence-corrected chi connectivity index (χ4v) is 2.01. The van der Waals surface area contributed by atoms with Crippen LogP contribution in [0.5, 0.6) is 0 Å². The SMILES string of the molecule is Cc1ccc(F)cc1NC(=O)CNC(=O)c1ccccc1C. The van der Waals surface area contributed by atoms with Crippen LogP contribution in [-0.2, 0) is 4.79 Å². The normalized spacial score (nSPS) is 10.1. The number of nitrogens with one attached hydrogen (secondary N) is 2. The Hall–Kier alpha value is -2.69. The average molecular weight is 300 g/mol. The van der Waals surface area contributed by atoms with E-state index in [4.69, 9.17) is 0 Å². The average Bonchev–Trinajstić information content (AvgIpc) is 2.49. The third-order valence-electron chi connectivity index (χ3n) is 3.27. The van der Waals surface area contributed by atoms with Crippen LogP contribution < -0.4 is 10.6 Å². The minimum Gasteiger partial charge on any atom is -0.343 e. The lowest BCUT2D eigenvalue weighted by molar-refractivity contribution is -0.115. The van der Waals surface area contributed by atoms with E-state index in [0.717, 1.165) is 11.1 Å². The van der Waals surface area contributed by atoms with E-state index in [9.17, 15) is 14.0 Å². The number of rotatable bonds is 4. The standard InChI is InChI=1S/C17H17FN2O2/c1-11-5-3-4-6-14(11)17(22)19-10-16(21)20-15-9-13(18)8-7-12(15)2/h3-9H,10H2,1-2H3,(H,19,22)(H,20,21). The summed E-state index contributed by atoms with van der Waals surface area (Å²) in [5, 5.41) is 5.13. The molecule has 0 aromatic heterocycles. The first-order valence-electron chi connectivity index (χ1n) is 6.87. The van der Waals surface area contributed by atoms with Crippen molar-refractivity contribution in [1.29, 1.82) is 0 Å². The fraction of sp³-hybridized carbons (Fsp3) is 0.176. The molecule has 2 aromatic carbocycles. The lowest BCUT2D eigenvalue weighted by Gasteiger charge is -2.10. The van der Waals surface area contributed by atoms with E-state index in [1.165, 1.54) is 12.1 Å². The molecule has 22 heavy (non-hydrogen) atoms. The second-order valence-electron chi connectivity index (χ2n) is 5.01. The highest BCUT2D eigenvalue weighted by Crippen LogP contribution is 2.15. The fourth-order valence-electron chi connectivity index (χ4n) is 2.01. The number of benzene rings is 2. The zero-order valence-electron chi connectivity index (χ0n) is 12.4. The third kappa shape index (κ3) is 3.91. The second-order valence-corrected chi connectivity index (χ2v) is 5.01. The predicted molar refractivity (Wildman–Crippen MR) is 83.3 cm³/mol. The van der Waals surface area contributed by atoms with Crippen molar-refractivity contribution in [2.24, 2.45) is 0 Å². The van der Waals surface area contributed by atoms with Gasteiger partial charge in [0.2, 0.25) is 5.91 Å². The van der Waals surface area contributed by atoms with Gasteiger partial charge in [0.15, 0.2) is 0 Å². The number of anilines is 1. The maximum Gasteiger partial charge on any atom is 0.251 e. The molecular weight excluding hydrogens is 283 g/mol. The molecule has 4 nitrogen and oxygen atoms in total. The van der Waals surface area contributed by atoms with Gasteiger partial charge >= 0.3 is 0 Å². The molecule has 0 aliphatic rings. The molecule has 2 rings (SSSR count). The highest BCUT2D eigenvalue weighted by Gasteiger charge is 2.11. The highest BCUT2D eigenvalue weighted by atomic mass is 19.1. The molecule has 0 unspecified atom stereocenters. The summed E-state index contributed by atoms with van der Waals surface area (Å²) in [5.41, 5.74) is 2.51. The summed E-state index contributed by atoms with van der Waals surface area (Å²) >= 11 is 0. The highest BCUT2D eigenvalue weighted by molar-refractivity contribution is 6.00. The maximum atomic E-state index is 13.2. The predicted octanol–water partition coefficient (Wildman–Crippen LogP) is 2.81. The molecule has 0 aliphatic carbocycles. The number of hydrogen-bond donors (Lipinski definition) is 2. The maximum absolute atomic E-state index is 13.2. The monoisotopic (exact) mass is 300 g/mol. The number of halogens is 1. The van der Waals surface area contributed by atoms with Crippen molar-refractivity contribution in [3.05, 3.63) is 65.0 Å². The van der Waals surface area contributed by atoms with Crippen LogP contribution in [0.2, 0.25) is 0 Å². The summed E-state index contributed by atoms with van der Waals surface area (Å²) in [6.45, 7) is 3.41. The minimum atomic E-state index is -0.426. The first kappa shape index (κ1) is 15.7. The van der Waals surface area contributed by atoms with Crippen LogP contribution in [0.1, 0.15) is 21.5 Å². The molecule has 2 amide bonds. The van der Waals surface area contributed by atoms with Crippen LogP contribution >= 0.6 is 0 Å². The quantitative estimate of drug-likeness (QED) is 0.912. The van der Waals surface area contributed by atoms with Crippen LogP contribution in [0.25, 0.3) is 0 Å². The Morgan fingerprint density at radius 2 is 1.77 bits per heavy atom. The van der Waals surface area contributed by atoms with E-state index in [1.807, 2.05) is 19.1 Å². The topological polar surface area (TPSA) is 58.2 Å². The summed E-state index contributed by atoms with van der Waals surface area (Å²) in [4.78, 5) is 23.8. The number of hydrogen-bond acceptors (Lipinski definition) is 2. The van der Waals surface area contributed by atoms with Crippen molar-refractivity contribution in [2.75, 3.05) is 11.9 Å². The van der Waals surface area contributed by atoms with Gasteiger partial charge in [0.05, 0.1) is 6.54 Å². The van der Waals surface area contributed by atoms with Crippen LogP contribution in [-0.4, -0.2) is 18.4 Å². The molecule has 2 N–H and O–H groups in total. The molecule has 0 bridgehead atoms. The third-order valence-corrected chi connectivity index (χ3v) is 3.27. The van der Waals surface area contributed by atoms with Crippen molar-refractivity contribution < 1.29 is 14.0 Å². The lowest BCUT2D eigenvalue weighted by Crippen LogP contribution is -2.33. The van der Waals surface area contributed by atoms with Crippen LogP contribution in [0, 0.1) is 19.7 Å². The van der Waals surface area contributed by atoms with Crippen molar-refractivity contribution in [1.82, 2.24) is 5.32 Å².